The van der Waals surface area contributed by atoms with Crippen molar-refractivity contribution >= 4 is 17.5 Å². The van der Waals surface area contributed by atoms with Crippen LogP contribution in [0, 0.1) is 0 Å². The lowest BCUT2D eigenvalue weighted by Gasteiger charge is -2.25. The molecule has 112 valence electrons. The van der Waals surface area contributed by atoms with Gasteiger partial charge in [0.15, 0.2) is 0 Å². The number of carbonyl (C=O) groups excluding carboxylic acids is 2. The maximum atomic E-state index is 12.4. The molecule has 2 atom stereocenters. The fourth-order valence-electron chi connectivity index (χ4n) is 2.96. The number of benzene rings is 1. The van der Waals surface area contributed by atoms with Crippen LogP contribution in [0.4, 0.5) is 5.69 Å². The van der Waals surface area contributed by atoms with E-state index in [0.717, 1.165) is 19.4 Å². The van der Waals surface area contributed by atoms with E-state index in [9.17, 15) is 9.59 Å². The molecule has 2 fully saturated rings. The highest BCUT2D eigenvalue weighted by Crippen LogP contribution is 2.26. The molecule has 2 amide bonds. The first kappa shape index (κ1) is 14.2. The molecule has 2 saturated heterocycles. The van der Waals surface area contributed by atoms with Crippen LogP contribution >= 0.6 is 0 Å². The maximum Gasteiger partial charge on any atom is 0.251 e. The van der Waals surface area contributed by atoms with Crippen molar-refractivity contribution in [2.45, 2.75) is 37.8 Å². The standard InChI is InChI=1S/C16H20N2O3/c1-16(8-5-9-21-16)11-17-13-10-14(19)18(15(13)20)12-6-3-2-4-7-12/h2-4,6-7,13,17H,5,8-11H2,1H3. The number of hydrogen-bond donors (Lipinski definition) is 1. The summed E-state index contributed by atoms with van der Waals surface area (Å²) in [5.41, 5.74) is 0.420. The molecule has 5 nitrogen and oxygen atoms in total. The minimum atomic E-state index is -0.446. The zero-order valence-corrected chi connectivity index (χ0v) is 12.2. The highest BCUT2D eigenvalue weighted by molar-refractivity contribution is 6.22. The van der Waals surface area contributed by atoms with Gasteiger partial charge >= 0.3 is 0 Å². The molecule has 5 heteroatoms. The summed E-state index contributed by atoms with van der Waals surface area (Å²) in [7, 11) is 0. The first-order valence-electron chi connectivity index (χ1n) is 7.38. The van der Waals surface area contributed by atoms with Gasteiger partial charge in [-0.25, -0.2) is 4.90 Å². The van der Waals surface area contributed by atoms with E-state index in [1.807, 2.05) is 25.1 Å². The summed E-state index contributed by atoms with van der Waals surface area (Å²) < 4.78 is 5.70. The highest BCUT2D eigenvalue weighted by atomic mass is 16.5. The second-order valence-corrected chi connectivity index (χ2v) is 5.94. The van der Waals surface area contributed by atoms with Crippen LogP contribution in [0.1, 0.15) is 26.2 Å². The van der Waals surface area contributed by atoms with E-state index in [1.165, 1.54) is 4.90 Å². The van der Waals surface area contributed by atoms with Crippen LogP contribution in [0.5, 0.6) is 0 Å². The Balaban J connectivity index is 1.66. The van der Waals surface area contributed by atoms with Gasteiger partial charge in [-0.15, -0.1) is 0 Å². The fourth-order valence-corrected chi connectivity index (χ4v) is 2.96. The second-order valence-electron chi connectivity index (χ2n) is 5.94. The van der Waals surface area contributed by atoms with Gasteiger partial charge in [-0.3, -0.25) is 9.59 Å². The Kier molecular flexibility index (Phi) is 3.78. The van der Waals surface area contributed by atoms with Gasteiger partial charge in [0.1, 0.15) is 0 Å². The van der Waals surface area contributed by atoms with Gasteiger partial charge in [0, 0.05) is 13.2 Å². The molecule has 2 aliphatic heterocycles. The van der Waals surface area contributed by atoms with Crippen LogP contribution in [0.3, 0.4) is 0 Å². The van der Waals surface area contributed by atoms with Gasteiger partial charge in [-0.1, -0.05) is 18.2 Å². The lowest BCUT2D eigenvalue weighted by Crippen LogP contribution is -2.45. The van der Waals surface area contributed by atoms with Gasteiger partial charge in [-0.2, -0.15) is 0 Å². The summed E-state index contributed by atoms with van der Waals surface area (Å²) in [6, 6.07) is 8.62. The van der Waals surface area contributed by atoms with Crippen LogP contribution < -0.4 is 10.2 Å². The Morgan fingerprint density at radius 2 is 2.10 bits per heavy atom. The molecule has 2 heterocycles. The van der Waals surface area contributed by atoms with Gasteiger partial charge in [-0.05, 0) is 31.9 Å². The van der Waals surface area contributed by atoms with Gasteiger partial charge in [0.25, 0.3) is 5.91 Å². The summed E-state index contributed by atoms with van der Waals surface area (Å²) in [4.78, 5) is 25.8. The summed E-state index contributed by atoms with van der Waals surface area (Å²) in [6.45, 7) is 3.41. The molecule has 1 aromatic rings. The van der Waals surface area contributed by atoms with Crippen molar-refractivity contribution < 1.29 is 14.3 Å². The second kappa shape index (κ2) is 5.58. The molecule has 2 unspecified atom stereocenters. The molecule has 1 N–H and O–H groups in total. The van der Waals surface area contributed by atoms with Crippen molar-refractivity contribution in [2.75, 3.05) is 18.1 Å². The van der Waals surface area contributed by atoms with Crippen LogP contribution in [-0.4, -0.2) is 36.6 Å². The van der Waals surface area contributed by atoms with E-state index in [1.54, 1.807) is 12.1 Å². The first-order chi connectivity index (χ1) is 10.1. The normalized spacial score (nSPS) is 29.4. The summed E-state index contributed by atoms with van der Waals surface area (Å²) in [6.07, 6.45) is 2.24. The zero-order valence-electron chi connectivity index (χ0n) is 12.2. The maximum absolute atomic E-state index is 12.4. The van der Waals surface area contributed by atoms with E-state index < -0.39 is 6.04 Å². The molecule has 3 rings (SSSR count). The van der Waals surface area contributed by atoms with Crippen molar-refractivity contribution in [1.82, 2.24) is 5.32 Å². The molecule has 2 aliphatic rings. The van der Waals surface area contributed by atoms with Crippen molar-refractivity contribution in [3.05, 3.63) is 30.3 Å². The van der Waals surface area contributed by atoms with E-state index in [0.29, 0.717) is 12.2 Å². The summed E-state index contributed by atoms with van der Waals surface area (Å²) >= 11 is 0. The molecular weight excluding hydrogens is 268 g/mol. The molecule has 0 aromatic heterocycles. The molecule has 0 aliphatic carbocycles. The van der Waals surface area contributed by atoms with Crippen LogP contribution in [-0.2, 0) is 14.3 Å². The summed E-state index contributed by atoms with van der Waals surface area (Å²) in [5.74, 6) is -0.325. The third-order valence-corrected chi connectivity index (χ3v) is 4.18. The predicted molar refractivity (Wildman–Crippen MR) is 78.9 cm³/mol. The Bertz CT molecular complexity index is 538. The zero-order chi connectivity index (χ0) is 14.9. The van der Waals surface area contributed by atoms with Crippen molar-refractivity contribution in [2.24, 2.45) is 0 Å². The monoisotopic (exact) mass is 288 g/mol. The number of ether oxygens (including phenoxy) is 1. The molecular formula is C16H20N2O3. The lowest BCUT2D eigenvalue weighted by molar-refractivity contribution is -0.121. The summed E-state index contributed by atoms with van der Waals surface area (Å²) in [5, 5.41) is 3.21. The fraction of sp³-hybridized carbons (Fsp3) is 0.500. The minimum Gasteiger partial charge on any atom is -0.374 e. The number of imide groups is 1. The number of amides is 2. The number of nitrogens with one attached hydrogen (secondary N) is 1. The van der Waals surface area contributed by atoms with Crippen molar-refractivity contribution in [1.29, 1.82) is 0 Å². The van der Waals surface area contributed by atoms with Crippen LogP contribution in [0.2, 0.25) is 0 Å². The third kappa shape index (κ3) is 2.84. The molecule has 21 heavy (non-hydrogen) atoms. The molecule has 0 spiro atoms. The largest absolute Gasteiger partial charge is 0.374 e. The van der Waals surface area contributed by atoms with Crippen LogP contribution in [0.25, 0.3) is 0 Å². The smallest absolute Gasteiger partial charge is 0.251 e. The van der Waals surface area contributed by atoms with E-state index in [2.05, 4.69) is 5.32 Å². The first-order valence-corrected chi connectivity index (χ1v) is 7.38. The Labute approximate surface area is 124 Å². The average Bonchev–Trinajstić information content (AvgIpc) is 3.03. The number of rotatable bonds is 4. The predicted octanol–water partition coefficient (Wildman–Crippen LogP) is 1.48. The topological polar surface area (TPSA) is 58.6 Å². The molecule has 0 bridgehead atoms. The molecule has 0 radical (unpaired) electrons. The number of carbonyl (C=O) groups is 2. The molecule has 0 saturated carbocycles. The Morgan fingerprint density at radius 3 is 2.76 bits per heavy atom. The Hall–Kier alpha value is -1.72. The quantitative estimate of drug-likeness (QED) is 0.853. The average molecular weight is 288 g/mol. The van der Waals surface area contributed by atoms with Crippen molar-refractivity contribution in [3.63, 3.8) is 0 Å². The SMILES string of the molecule is CC1(CNC2CC(=O)N(c3ccccc3)C2=O)CCCO1. The minimum absolute atomic E-state index is 0.152. The highest BCUT2D eigenvalue weighted by Gasteiger charge is 2.40. The van der Waals surface area contributed by atoms with Gasteiger partial charge in [0.2, 0.25) is 5.91 Å². The van der Waals surface area contributed by atoms with E-state index in [4.69, 9.17) is 4.74 Å². The van der Waals surface area contributed by atoms with Gasteiger partial charge in [0.05, 0.1) is 23.8 Å². The number of para-hydroxylation sites is 1. The van der Waals surface area contributed by atoms with E-state index in [-0.39, 0.29) is 23.8 Å². The number of anilines is 1. The number of hydrogen-bond acceptors (Lipinski definition) is 4. The van der Waals surface area contributed by atoms with Crippen molar-refractivity contribution in [3.8, 4) is 0 Å². The lowest BCUT2D eigenvalue weighted by atomic mass is 10.0. The Morgan fingerprint density at radius 1 is 1.33 bits per heavy atom. The van der Waals surface area contributed by atoms with Gasteiger partial charge < -0.3 is 10.1 Å². The number of nitrogens with zero attached hydrogens (tertiary/aromatic N) is 1. The van der Waals surface area contributed by atoms with Crippen LogP contribution in [0.15, 0.2) is 30.3 Å². The molecule has 1 aromatic carbocycles. The third-order valence-electron chi connectivity index (χ3n) is 4.18. The van der Waals surface area contributed by atoms with E-state index >= 15 is 0 Å².